The number of anilines is 2. The van der Waals surface area contributed by atoms with Gasteiger partial charge in [-0.15, -0.1) is 23.1 Å². The first-order chi connectivity index (χ1) is 18.6. The second-order valence-electron chi connectivity index (χ2n) is 9.27. The lowest BCUT2D eigenvalue weighted by molar-refractivity contribution is -0.115. The van der Waals surface area contributed by atoms with Crippen molar-refractivity contribution in [3.8, 4) is 6.07 Å². The third-order valence-electron chi connectivity index (χ3n) is 6.38. The highest BCUT2D eigenvalue weighted by Gasteiger charge is 2.26. The number of aromatic carboxylic acids is 2. The summed E-state index contributed by atoms with van der Waals surface area (Å²) in [5, 5.41) is 33.9. The average molecular weight is 564 g/mol. The summed E-state index contributed by atoms with van der Waals surface area (Å²) in [5.74, 6) is -3.13. The Morgan fingerprint density at radius 1 is 1.08 bits per heavy atom. The molecule has 0 radical (unpaired) electrons. The molecule has 200 valence electrons. The first kappa shape index (κ1) is 27.9. The number of fused-ring (bicyclic) bond motifs is 1. The van der Waals surface area contributed by atoms with Crippen molar-refractivity contribution in [2.45, 2.75) is 43.3 Å². The van der Waals surface area contributed by atoms with Crippen LogP contribution < -0.4 is 10.6 Å². The molecular weight excluding hydrogens is 538 g/mol. The molecule has 0 aliphatic heterocycles. The van der Waals surface area contributed by atoms with E-state index >= 15 is 0 Å². The number of nitrogens with zero attached hydrogens (tertiary/aromatic N) is 1. The molecule has 2 aromatic carbocycles. The summed E-state index contributed by atoms with van der Waals surface area (Å²) in [6.45, 7) is 3.93. The lowest BCUT2D eigenvalue weighted by Crippen LogP contribution is -2.22. The molecule has 0 saturated carbocycles. The number of thiophene rings is 1. The first-order valence-corrected chi connectivity index (χ1v) is 13.8. The van der Waals surface area contributed by atoms with Crippen LogP contribution in [0.2, 0.25) is 0 Å². The molecule has 11 heteroatoms. The average Bonchev–Trinajstić information content (AvgIpc) is 3.23. The van der Waals surface area contributed by atoms with E-state index in [1.807, 2.05) is 0 Å². The predicted molar refractivity (Wildman–Crippen MR) is 149 cm³/mol. The van der Waals surface area contributed by atoms with Gasteiger partial charge in [0.1, 0.15) is 11.1 Å². The van der Waals surface area contributed by atoms with Crippen molar-refractivity contribution in [3.05, 3.63) is 75.2 Å². The number of hydrogen-bond acceptors (Lipinski definition) is 7. The molecule has 0 spiro atoms. The number of carboxylic acids is 2. The Bertz CT molecular complexity index is 1520. The molecular formula is C28H25N3O6S2. The van der Waals surface area contributed by atoms with Crippen LogP contribution in [0.25, 0.3) is 0 Å². The van der Waals surface area contributed by atoms with Crippen molar-refractivity contribution < 1.29 is 29.4 Å². The van der Waals surface area contributed by atoms with E-state index in [0.717, 1.165) is 41.8 Å². The standard InChI is InChI=1S/C28H25N3O6S2/c1-14-6-8-19-22(13-29)26(39-23(19)10-14)31-24(32)15(2)38-18-5-3-4-17(12-18)30-25(33)20-9-7-16(27(34)35)11-21(20)28(36)37/h3-5,7,9,11-12,14-15H,6,8,10H2,1-2H3,(H,30,33)(H,31,32)(H,34,35)(H,36,37). The summed E-state index contributed by atoms with van der Waals surface area (Å²) in [4.78, 5) is 50.4. The van der Waals surface area contributed by atoms with E-state index < -0.39 is 28.7 Å². The maximum Gasteiger partial charge on any atom is 0.336 e. The molecule has 2 atom stereocenters. The van der Waals surface area contributed by atoms with E-state index in [9.17, 15) is 29.5 Å². The highest BCUT2D eigenvalue weighted by atomic mass is 32.2. The number of rotatable bonds is 8. The molecule has 4 rings (SSSR count). The molecule has 1 heterocycles. The third kappa shape index (κ3) is 6.30. The molecule has 4 N–H and O–H groups in total. The Hall–Kier alpha value is -4.14. The number of carboxylic acid groups (broad SMARTS) is 2. The lowest BCUT2D eigenvalue weighted by Gasteiger charge is -2.17. The summed E-state index contributed by atoms with van der Waals surface area (Å²) in [6.07, 6.45) is 2.77. The van der Waals surface area contributed by atoms with E-state index in [-0.39, 0.29) is 17.0 Å². The Balaban J connectivity index is 1.45. The summed E-state index contributed by atoms with van der Waals surface area (Å²) < 4.78 is 0. The van der Waals surface area contributed by atoms with Crippen LogP contribution in [0, 0.1) is 17.2 Å². The first-order valence-electron chi connectivity index (χ1n) is 12.1. The summed E-state index contributed by atoms with van der Waals surface area (Å²) in [7, 11) is 0. The van der Waals surface area contributed by atoms with Crippen molar-refractivity contribution in [3.63, 3.8) is 0 Å². The number of nitrogens with one attached hydrogen (secondary N) is 2. The Morgan fingerprint density at radius 3 is 2.54 bits per heavy atom. The van der Waals surface area contributed by atoms with Gasteiger partial charge < -0.3 is 20.8 Å². The van der Waals surface area contributed by atoms with Gasteiger partial charge in [0.05, 0.1) is 27.5 Å². The molecule has 1 aromatic heterocycles. The zero-order chi connectivity index (χ0) is 28.3. The second-order valence-corrected chi connectivity index (χ2v) is 11.8. The molecule has 9 nitrogen and oxygen atoms in total. The maximum atomic E-state index is 13.0. The van der Waals surface area contributed by atoms with Gasteiger partial charge in [0.2, 0.25) is 5.91 Å². The summed E-state index contributed by atoms with van der Waals surface area (Å²) in [5.41, 5.74) is 1.12. The monoisotopic (exact) mass is 563 g/mol. The van der Waals surface area contributed by atoms with E-state index in [0.29, 0.717) is 27.1 Å². The SMILES string of the molecule is CC1CCc2c(sc(NC(=O)C(C)Sc3cccc(NC(=O)c4ccc(C(=O)O)cc4C(=O)O)c3)c2C#N)C1. The maximum absolute atomic E-state index is 13.0. The van der Waals surface area contributed by atoms with Gasteiger partial charge in [-0.3, -0.25) is 9.59 Å². The number of carbonyl (C=O) groups is 4. The Labute approximate surface area is 232 Å². The molecule has 1 aliphatic rings. The van der Waals surface area contributed by atoms with Gasteiger partial charge in [-0.1, -0.05) is 13.0 Å². The van der Waals surface area contributed by atoms with Gasteiger partial charge in [-0.2, -0.15) is 5.26 Å². The minimum absolute atomic E-state index is 0.181. The molecule has 1 aliphatic carbocycles. The number of nitriles is 1. The van der Waals surface area contributed by atoms with E-state index in [1.165, 1.54) is 29.2 Å². The number of benzene rings is 2. The van der Waals surface area contributed by atoms with Crippen LogP contribution in [0.4, 0.5) is 10.7 Å². The molecule has 39 heavy (non-hydrogen) atoms. The quantitative estimate of drug-likeness (QED) is 0.261. The molecule has 0 bridgehead atoms. The Kier molecular flexibility index (Phi) is 8.38. The second kappa shape index (κ2) is 11.7. The molecule has 3 aromatic rings. The number of hydrogen-bond donors (Lipinski definition) is 4. The van der Waals surface area contributed by atoms with Crippen LogP contribution in [-0.2, 0) is 17.6 Å². The number of amides is 2. The van der Waals surface area contributed by atoms with E-state index in [1.54, 1.807) is 31.2 Å². The third-order valence-corrected chi connectivity index (χ3v) is 8.64. The fourth-order valence-electron chi connectivity index (χ4n) is 4.33. The minimum Gasteiger partial charge on any atom is -0.478 e. The van der Waals surface area contributed by atoms with Crippen LogP contribution in [0.5, 0.6) is 0 Å². The normalized spacial score (nSPS) is 14.9. The summed E-state index contributed by atoms with van der Waals surface area (Å²) in [6, 6.07) is 12.3. The van der Waals surface area contributed by atoms with Crippen LogP contribution in [0.3, 0.4) is 0 Å². The van der Waals surface area contributed by atoms with Crippen molar-refractivity contribution in [1.29, 1.82) is 5.26 Å². The van der Waals surface area contributed by atoms with Gasteiger partial charge in [-0.25, -0.2) is 9.59 Å². The highest BCUT2D eigenvalue weighted by Crippen LogP contribution is 2.39. The number of thioether (sulfide) groups is 1. The predicted octanol–water partition coefficient (Wildman–Crippen LogP) is 5.51. The van der Waals surface area contributed by atoms with Gasteiger partial charge in [-0.05, 0) is 74.1 Å². The largest absolute Gasteiger partial charge is 0.478 e. The van der Waals surface area contributed by atoms with Gasteiger partial charge >= 0.3 is 11.9 Å². The summed E-state index contributed by atoms with van der Waals surface area (Å²) >= 11 is 2.74. The molecule has 2 amide bonds. The van der Waals surface area contributed by atoms with Crippen LogP contribution in [-0.4, -0.2) is 39.2 Å². The van der Waals surface area contributed by atoms with Crippen LogP contribution in [0.15, 0.2) is 47.4 Å². The zero-order valence-corrected chi connectivity index (χ0v) is 22.7. The fraction of sp³-hybridized carbons (Fsp3) is 0.250. The smallest absolute Gasteiger partial charge is 0.336 e. The molecule has 2 unspecified atom stereocenters. The van der Waals surface area contributed by atoms with E-state index in [2.05, 4.69) is 23.6 Å². The van der Waals surface area contributed by atoms with Crippen molar-refractivity contribution in [1.82, 2.24) is 0 Å². The van der Waals surface area contributed by atoms with Crippen LogP contribution in [0.1, 0.15) is 67.3 Å². The van der Waals surface area contributed by atoms with Crippen molar-refractivity contribution in [2.24, 2.45) is 5.92 Å². The van der Waals surface area contributed by atoms with Gasteiger partial charge in [0.25, 0.3) is 5.91 Å². The zero-order valence-electron chi connectivity index (χ0n) is 21.1. The number of carbonyl (C=O) groups excluding carboxylic acids is 2. The Morgan fingerprint density at radius 2 is 1.85 bits per heavy atom. The van der Waals surface area contributed by atoms with Gasteiger partial charge in [0, 0.05) is 15.5 Å². The molecule has 0 saturated heterocycles. The highest BCUT2D eigenvalue weighted by molar-refractivity contribution is 8.00. The molecule has 0 fully saturated rings. The van der Waals surface area contributed by atoms with Crippen molar-refractivity contribution in [2.75, 3.05) is 10.6 Å². The van der Waals surface area contributed by atoms with Crippen LogP contribution >= 0.6 is 23.1 Å². The fourth-order valence-corrected chi connectivity index (χ4v) is 6.62. The lowest BCUT2D eigenvalue weighted by atomic mass is 9.89. The topological polar surface area (TPSA) is 157 Å². The van der Waals surface area contributed by atoms with E-state index in [4.69, 9.17) is 5.11 Å². The van der Waals surface area contributed by atoms with Crippen molar-refractivity contribution >= 4 is 57.5 Å². The van der Waals surface area contributed by atoms with Gasteiger partial charge in [0.15, 0.2) is 0 Å². The minimum atomic E-state index is -1.42.